The Hall–Kier alpha value is -1.38. The van der Waals surface area contributed by atoms with Gasteiger partial charge in [0.25, 0.3) is 0 Å². The van der Waals surface area contributed by atoms with Crippen molar-refractivity contribution < 1.29 is 9.18 Å². The molecule has 2 nitrogen and oxygen atoms in total. The van der Waals surface area contributed by atoms with Crippen LogP contribution in [-0.2, 0) is 10.2 Å². The van der Waals surface area contributed by atoms with Gasteiger partial charge in [-0.25, -0.2) is 4.39 Å². The van der Waals surface area contributed by atoms with Crippen molar-refractivity contribution in [1.29, 1.82) is 0 Å². The van der Waals surface area contributed by atoms with Crippen molar-refractivity contribution in [3.8, 4) is 0 Å². The molecule has 2 rings (SSSR count). The highest BCUT2D eigenvalue weighted by molar-refractivity contribution is 5.74. The molecule has 3 heteroatoms. The molecule has 0 spiro atoms. The van der Waals surface area contributed by atoms with Gasteiger partial charge in [0.1, 0.15) is 12.1 Å². The Morgan fingerprint density at radius 3 is 3.07 bits per heavy atom. The lowest BCUT2D eigenvalue weighted by molar-refractivity contribution is -0.112. The molecule has 0 saturated carbocycles. The van der Waals surface area contributed by atoms with E-state index in [4.69, 9.17) is 0 Å². The molecule has 1 aliphatic rings. The summed E-state index contributed by atoms with van der Waals surface area (Å²) in [5.74, 6) is -0.291. The van der Waals surface area contributed by atoms with E-state index < -0.39 is 5.41 Å². The largest absolute Gasteiger partial charge is 0.385 e. The van der Waals surface area contributed by atoms with E-state index in [9.17, 15) is 9.18 Å². The zero-order valence-electron chi connectivity index (χ0n) is 8.01. The minimum Gasteiger partial charge on any atom is -0.385 e. The van der Waals surface area contributed by atoms with Crippen molar-refractivity contribution in [2.75, 3.05) is 11.9 Å². The van der Waals surface area contributed by atoms with Crippen molar-refractivity contribution in [2.24, 2.45) is 0 Å². The molecule has 0 aromatic heterocycles. The quantitative estimate of drug-likeness (QED) is 0.692. The SMILES string of the molecule is CC1(C=O)CCNc2ccc(F)cc21. The average molecular weight is 193 g/mol. The van der Waals surface area contributed by atoms with Gasteiger partial charge in [0.2, 0.25) is 0 Å². The number of carbonyl (C=O) groups excluding carboxylic acids is 1. The second-order valence-electron chi connectivity index (χ2n) is 3.90. The summed E-state index contributed by atoms with van der Waals surface area (Å²) >= 11 is 0. The minimum atomic E-state index is -0.539. The maximum Gasteiger partial charge on any atom is 0.130 e. The van der Waals surface area contributed by atoms with Gasteiger partial charge in [0.05, 0.1) is 5.41 Å². The smallest absolute Gasteiger partial charge is 0.130 e. The van der Waals surface area contributed by atoms with Crippen LogP contribution in [0.2, 0.25) is 0 Å². The molecule has 0 bridgehead atoms. The van der Waals surface area contributed by atoms with Gasteiger partial charge in [-0.05, 0) is 37.1 Å². The fourth-order valence-corrected chi connectivity index (χ4v) is 1.86. The number of hydrogen-bond donors (Lipinski definition) is 1. The number of carbonyl (C=O) groups is 1. The third kappa shape index (κ3) is 1.29. The molecule has 1 aromatic carbocycles. The average Bonchev–Trinajstić information content (AvgIpc) is 2.20. The van der Waals surface area contributed by atoms with Gasteiger partial charge >= 0.3 is 0 Å². The standard InChI is InChI=1S/C11H12FNO/c1-11(7-14)4-5-13-10-3-2-8(12)6-9(10)11/h2-3,6-7,13H,4-5H2,1H3. The molecule has 1 aromatic rings. The topological polar surface area (TPSA) is 29.1 Å². The minimum absolute atomic E-state index is 0.291. The summed E-state index contributed by atoms with van der Waals surface area (Å²) in [5, 5.41) is 3.15. The number of aldehydes is 1. The van der Waals surface area contributed by atoms with Crippen LogP contribution in [0.25, 0.3) is 0 Å². The van der Waals surface area contributed by atoms with E-state index in [1.54, 1.807) is 6.07 Å². The van der Waals surface area contributed by atoms with E-state index in [2.05, 4.69) is 5.32 Å². The van der Waals surface area contributed by atoms with Gasteiger partial charge in [0, 0.05) is 12.2 Å². The van der Waals surface area contributed by atoms with Gasteiger partial charge < -0.3 is 10.1 Å². The molecule has 74 valence electrons. The van der Waals surface area contributed by atoms with Gasteiger partial charge in [-0.1, -0.05) is 0 Å². The number of rotatable bonds is 1. The number of benzene rings is 1. The van der Waals surface area contributed by atoms with Crippen LogP contribution in [0.1, 0.15) is 18.9 Å². The van der Waals surface area contributed by atoms with E-state index in [1.807, 2.05) is 6.92 Å². The second-order valence-corrected chi connectivity index (χ2v) is 3.90. The molecule has 0 amide bonds. The van der Waals surface area contributed by atoms with E-state index >= 15 is 0 Å². The summed E-state index contributed by atoms with van der Waals surface area (Å²) in [4.78, 5) is 11.0. The first-order valence-corrected chi connectivity index (χ1v) is 4.66. The first-order chi connectivity index (χ1) is 6.65. The number of hydrogen-bond acceptors (Lipinski definition) is 2. The Morgan fingerprint density at radius 1 is 1.57 bits per heavy atom. The lowest BCUT2D eigenvalue weighted by atomic mass is 9.78. The fraction of sp³-hybridized carbons (Fsp3) is 0.364. The highest BCUT2D eigenvalue weighted by Crippen LogP contribution is 2.35. The Bertz CT molecular complexity index is 378. The van der Waals surface area contributed by atoms with Crippen molar-refractivity contribution in [3.63, 3.8) is 0 Å². The van der Waals surface area contributed by atoms with Crippen LogP contribution < -0.4 is 5.32 Å². The fourth-order valence-electron chi connectivity index (χ4n) is 1.86. The number of halogens is 1. The van der Waals surface area contributed by atoms with Crippen LogP contribution in [-0.4, -0.2) is 12.8 Å². The van der Waals surface area contributed by atoms with Crippen LogP contribution in [0.15, 0.2) is 18.2 Å². The third-order valence-corrected chi connectivity index (χ3v) is 2.82. The van der Waals surface area contributed by atoms with E-state index in [-0.39, 0.29) is 5.82 Å². The molecular formula is C11H12FNO. The molecule has 0 saturated heterocycles. The summed E-state index contributed by atoms with van der Waals surface area (Å²) in [6.07, 6.45) is 1.62. The molecule has 0 radical (unpaired) electrons. The predicted octanol–water partition coefficient (Wildman–Crippen LogP) is 2.10. The third-order valence-electron chi connectivity index (χ3n) is 2.82. The monoisotopic (exact) mass is 193 g/mol. The van der Waals surface area contributed by atoms with Crippen molar-refractivity contribution >= 4 is 12.0 Å². The Balaban J connectivity index is 2.57. The van der Waals surface area contributed by atoms with Crippen LogP contribution in [0.4, 0.5) is 10.1 Å². The molecule has 1 unspecified atom stereocenters. The van der Waals surface area contributed by atoms with Gasteiger partial charge in [-0.15, -0.1) is 0 Å². The predicted molar refractivity (Wildman–Crippen MR) is 52.9 cm³/mol. The van der Waals surface area contributed by atoms with Gasteiger partial charge in [-0.2, -0.15) is 0 Å². The van der Waals surface area contributed by atoms with Gasteiger partial charge in [0.15, 0.2) is 0 Å². The molecule has 0 fully saturated rings. The first-order valence-electron chi connectivity index (χ1n) is 4.66. The highest BCUT2D eigenvalue weighted by atomic mass is 19.1. The highest BCUT2D eigenvalue weighted by Gasteiger charge is 2.31. The summed E-state index contributed by atoms with van der Waals surface area (Å²) < 4.78 is 13.0. The maximum absolute atomic E-state index is 13.0. The Labute approximate surface area is 82.1 Å². The summed E-state index contributed by atoms with van der Waals surface area (Å²) in [6.45, 7) is 2.60. The summed E-state index contributed by atoms with van der Waals surface area (Å²) in [6, 6.07) is 4.53. The van der Waals surface area contributed by atoms with Crippen LogP contribution in [0, 0.1) is 5.82 Å². The van der Waals surface area contributed by atoms with Crippen LogP contribution in [0.3, 0.4) is 0 Å². The molecule has 14 heavy (non-hydrogen) atoms. The zero-order valence-corrected chi connectivity index (χ0v) is 8.01. The first kappa shape index (κ1) is 9.19. The molecule has 1 aliphatic heterocycles. The summed E-state index contributed by atoms with van der Waals surface area (Å²) in [5.41, 5.74) is 1.09. The lowest BCUT2D eigenvalue weighted by Gasteiger charge is -2.31. The Kier molecular flexibility index (Phi) is 2.02. The van der Waals surface area contributed by atoms with Gasteiger partial charge in [-0.3, -0.25) is 0 Å². The molecular weight excluding hydrogens is 181 g/mol. The number of anilines is 1. The zero-order chi connectivity index (χ0) is 10.2. The molecule has 1 atom stereocenters. The lowest BCUT2D eigenvalue weighted by Crippen LogP contribution is -2.32. The van der Waals surface area contributed by atoms with Crippen molar-refractivity contribution in [3.05, 3.63) is 29.6 Å². The van der Waals surface area contributed by atoms with E-state index in [0.29, 0.717) is 6.42 Å². The maximum atomic E-state index is 13.0. The molecule has 1 N–H and O–H groups in total. The number of fused-ring (bicyclic) bond motifs is 1. The van der Waals surface area contributed by atoms with E-state index in [0.717, 1.165) is 24.1 Å². The van der Waals surface area contributed by atoms with E-state index in [1.165, 1.54) is 12.1 Å². The van der Waals surface area contributed by atoms with Crippen molar-refractivity contribution in [1.82, 2.24) is 0 Å². The molecule has 1 heterocycles. The second kappa shape index (κ2) is 3.08. The van der Waals surface area contributed by atoms with Crippen LogP contribution >= 0.6 is 0 Å². The Morgan fingerprint density at radius 2 is 2.36 bits per heavy atom. The van der Waals surface area contributed by atoms with Crippen molar-refractivity contribution in [2.45, 2.75) is 18.8 Å². The number of nitrogens with one attached hydrogen (secondary N) is 1. The molecule has 0 aliphatic carbocycles. The normalized spacial score (nSPS) is 25.0. The van der Waals surface area contributed by atoms with Crippen LogP contribution in [0.5, 0.6) is 0 Å². The summed E-state index contributed by atoms with van der Waals surface area (Å²) in [7, 11) is 0.